The van der Waals surface area contributed by atoms with E-state index in [0.717, 1.165) is 25.7 Å². The molecular formula is C15H28O3. The number of hydrogen-bond acceptors (Lipinski definition) is 2. The highest BCUT2D eigenvalue weighted by atomic mass is 16.4. The predicted octanol–water partition coefficient (Wildman–Crippen LogP) is 3.91. The smallest absolute Gasteiger partial charge is 0.330 e. The van der Waals surface area contributed by atoms with Gasteiger partial charge in [-0.15, -0.1) is 0 Å². The standard InChI is InChI=1S/C15H28O3/c1-14(15(17)18)12-10-8-6-4-2-3-5-7-9-11-13-16/h16H,1-13H2,(H,17,18). The zero-order valence-electron chi connectivity index (χ0n) is 11.5. The monoisotopic (exact) mass is 256 g/mol. The number of rotatable bonds is 13. The molecule has 2 N–H and O–H groups in total. The van der Waals surface area contributed by atoms with Crippen LogP contribution in [-0.4, -0.2) is 22.8 Å². The Morgan fingerprint density at radius 1 is 0.778 bits per heavy atom. The average molecular weight is 256 g/mol. The highest BCUT2D eigenvalue weighted by Crippen LogP contribution is 2.12. The van der Waals surface area contributed by atoms with Crippen LogP contribution in [0.15, 0.2) is 12.2 Å². The van der Waals surface area contributed by atoms with Crippen molar-refractivity contribution in [1.82, 2.24) is 0 Å². The van der Waals surface area contributed by atoms with E-state index >= 15 is 0 Å². The first-order valence-corrected chi connectivity index (χ1v) is 7.20. The first-order chi connectivity index (χ1) is 8.68. The fourth-order valence-electron chi connectivity index (χ4n) is 1.97. The van der Waals surface area contributed by atoms with Crippen LogP contribution in [0.25, 0.3) is 0 Å². The number of unbranched alkanes of at least 4 members (excludes halogenated alkanes) is 9. The van der Waals surface area contributed by atoms with Gasteiger partial charge in [-0.2, -0.15) is 0 Å². The lowest BCUT2D eigenvalue weighted by atomic mass is 10.0. The van der Waals surface area contributed by atoms with Crippen LogP contribution in [0, 0.1) is 0 Å². The minimum absolute atomic E-state index is 0.321. The molecule has 0 aromatic rings. The van der Waals surface area contributed by atoms with Crippen molar-refractivity contribution < 1.29 is 15.0 Å². The average Bonchev–Trinajstić information content (AvgIpc) is 2.35. The Hall–Kier alpha value is -0.830. The second kappa shape index (κ2) is 12.6. The van der Waals surface area contributed by atoms with Crippen molar-refractivity contribution in [2.24, 2.45) is 0 Å². The molecule has 0 aliphatic rings. The van der Waals surface area contributed by atoms with E-state index < -0.39 is 5.97 Å². The molecule has 0 rings (SSSR count). The molecule has 18 heavy (non-hydrogen) atoms. The quantitative estimate of drug-likeness (QED) is 0.388. The van der Waals surface area contributed by atoms with Gasteiger partial charge in [-0.3, -0.25) is 0 Å². The molecule has 0 aromatic heterocycles. The Bertz CT molecular complexity index is 224. The second-order valence-corrected chi connectivity index (χ2v) is 4.92. The molecule has 0 radical (unpaired) electrons. The first kappa shape index (κ1) is 17.2. The van der Waals surface area contributed by atoms with E-state index in [2.05, 4.69) is 6.58 Å². The Morgan fingerprint density at radius 2 is 1.17 bits per heavy atom. The molecule has 0 atom stereocenters. The number of aliphatic carboxylic acids is 1. The normalized spacial score (nSPS) is 10.5. The molecule has 0 saturated heterocycles. The van der Waals surface area contributed by atoms with Gasteiger partial charge in [0, 0.05) is 12.2 Å². The van der Waals surface area contributed by atoms with Crippen molar-refractivity contribution in [3.05, 3.63) is 12.2 Å². The van der Waals surface area contributed by atoms with E-state index in [0.29, 0.717) is 18.6 Å². The lowest BCUT2D eigenvalue weighted by molar-refractivity contribution is -0.132. The maximum Gasteiger partial charge on any atom is 0.330 e. The van der Waals surface area contributed by atoms with Gasteiger partial charge in [0.2, 0.25) is 0 Å². The third-order valence-corrected chi connectivity index (χ3v) is 3.19. The molecule has 0 bridgehead atoms. The van der Waals surface area contributed by atoms with Gasteiger partial charge in [-0.1, -0.05) is 57.9 Å². The summed E-state index contributed by atoms with van der Waals surface area (Å²) in [6.45, 7) is 3.84. The summed E-state index contributed by atoms with van der Waals surface area (Å²) in [6.07, 6.45) is 12.3. The molecule has 0 heterocycles. The van der Waals surface area contributed by atoms with E-state index in [1.807, 2.05) is 0 Å². The zero-order chi connectivity index (χ0) is 13.6. The van der Waals surface area contributed by atoms with Gasteiger partial charge in [-0.25, -0.2) is 4.79 Å². The molecule has 0 aliphatic heterocycles. The second-order valence-electron chi connectivity index (χ2n) is 4.92. The van der Waals surface area contributed by atoms with Gasteiger partial charge in [-0.05, 0) is 19.3 Å². The van der Waals surface area contributed by atoms with Crippen LogP contribution in [0.4, 0.5) is 0 Å². The molecular weight excluding hydrogens is 228 g/mol. The fraction of sp³-hybridized carbons (Fsp3) is 0.800. The van der Waals surface area contributed by atoms with Crippen molar-refractivity contribution >= 4 is 5.97 Å². The molecule has 106 valence electrons. The van der Waals surface area contributed by atoms with Gasteiger partial charge >= 0.3 is 5.97 Å². The summed E-state index contributed by atoms with van der Waals surface area (Å²) in [7, 11) is 0. The Kier molecular flexibility index (Phi) is 12.0. The molecule has 0 aromatic carbocycles. The van der Waals surface area contributed by atoms with Gasteiger partial charge in [0.15, 0.2) is 0 Å². The van der Waals surface area contributed by atoms with E-state index in [1.54, 1.807) is 0 Å². The van der Waals surface area contributed by atoms with E-state index in [4.69, 9.17) is 10.2 Å². The highest BCUT2D eigenvalue weighted by Gasteiger charge is 2.02. The predicted molar refractivity (Wildman–Crippen MR) is 74.6 cm³/mol. The minimum Gasteiger partial charge on any atom is -0.478 e. The SMILES string of the molecule is C=C(CCCCCCCCCCCCO)C(=O)O. The number of hydrogen-bond donors (Lipinski definition) is 2. The summed E-state index contributed by atoms with van der Waals surface area (Å²) in [5.41, 5.74) is 0.332. The van der Waals surface area contributed by atoms with Crippen molar-refractivity contribution in [3.63, 3.8) is 0 Å². The summed E-state index contributed by atoms with van der Waals surface area (Å²) >= 11 is 0. The molecule has 3 nitrogen and oxygen atoms in total. The summed E-state index contributed by atoms with van der Waals surface area (Å²) in [5, 5.41) is 17.2. The van der Waals surface area contributed by atoms with Gasteiger partial charge in [0.1, 0.15) is 0 Å². The molecule has 0 unspecified atom stereocenters. The van der Waals surface area contributed by atoms with Crippen molar-refractivity contribution in [2.75, 3.05) is 6.61 Å². The Labute approximate surface area is 111 Å². The van der Waals surface area contributed by atoms with Gasteiger partial charge < -0.3 is 10.2 Å². The lowest BCUT2D eigenvalue weighted by Crippen LogP contribution is -1.98. The van der Waals surface area contributed by atoms with E-state index in [-0.39, 0.29) is 0 Å². The maximum absolute atomic E-state index is 10.5. The Balaban J connectivity index is 3.07. The van der Waals surface area contributed by atoms with Crippen LogP contribution in [-0.2, 0) is 4.79 Å². The third-order valence-electron chi connectivity index (χ3n) is 3.19. The summed E-state index contributed by atoms with van der Waals surface area (Å²) in [4.78, 5) is 10.5. The van der Waals surface area contributed by atoms with E-state index in [9.17, 15) is 4.79 Å². The lowest BCUT2D eigenvalue weighted by Gasteiger charge is -2.02. The topological polar surface area (TPSA) is 57.5 Å². The fourth-order valence-corrected chi connectivity index (χ4v) is 1.97. The first-order valence-electron chi connectivity index (χ1n) is 7.20. The number of carboxylic acids is 1. The number of carboxylic acid groups (broad SMARTS) is 1. The number of aliphatic hydroxyl groups excluding tert-OH is 1. The summed E-state index contributed by atoms with van der Waals surface area (Å²) in [5.74, 6) is -0.863. The molecule has 0 fully saturated rings. The largest absolute Gasteiger partial charge is 0.478 e. The van der Waals surface area contributed by atoms with Crippen LogP contribution < -0.4 is 0 Å². The third kappa shape index (κ3) is 11.6. The van der Waals surface area contributed by atoms with Crippen LogP contribution in [0.3, 0.4) is 0 Å². The van der Waals surface area contributed by atoms with Gasteiger partial charge in [0.25, 0.3) is 0 Å². The minimum atomic E-state index is -0.863. The van der Waals surface area contributed by atoms with Crippen LogP contribution in [0.5, 0.6) is 0 Å². The number of aliphatic hydroxyl groups is 1. The zero-order valence-corrected chi connectivity index (χ0v) is 11.5. The van der Waals surface area contributed by atoms with Crippen LogP contribution in [0.2, 0.25) is 0 Å². The number of carbonyl (C=O) groups is 1. The van der Waals surface area contributed by atoms with Gasteiger partial charge in [0.05, 0.1) is 0 Å². The molecule has 0 amide bonds. The maximum atomic E-state index is 10.5. The summed E-state index contributed by atoms with van der Waals surface area (Å²) in [6, 6.07) is 0. The molecule has 0 saturated carbocycles. The highest BCUT2D eigenvalue weighted by molar-refractivity contribution is 5.85. The molecule has 3 heteroatoms. The summed E-state index contributed by atoms with van der Waals surface area (Å²) < 4.78 is 0. The van der Waals surface area contributed by atoms with Crippen molar-refractivity contribution in [2.45, 2.75) is 70.6 Å². The van der Waals surface area contributed by atoms with Crippen molar-refractivity contribution in [3.8, 4) is 0 Å². The van der Waals surface area contributed by atoms with E-state index in [1.165, 1.54) is 38.5 Å². The molecule has 0 spiro atoms. The Morgan fingerprint density at radius 3 is 1.56 bits per heavy atom. The molecule has 0 aliphatic carbocycles. The van der Waals surface area contributed by atoms with Crippen LogP contribution >= 0.6 is 0 Å². The van der Waals surface area contributed by atoms with Crippen LogP contribution in [0.1, 0.15) is 70.6 Å². The van der Waals surface area contributed by atoms with Crippen molar-refractivity contribution in [1.29, 1.82) is 0 Å².